The molecular formula is C28H26F2N2O3. The molecule has 0 spiro atoms. The van der Waals surface area contributed by atoms with Crippen LogP contribution in [0, 0.1) is 11.6 Å². The van der Waals surface area contributed by atoms with E-state index in [1.54, 1.807) is 75.4 Å². The number of carbonyl (C=O) groups excluding carboxylic acids is 2. The minimum absolute atomic E-state index is 0.00866. The van der Waals surface area contributed by atoms with Crippen molar-refractivity contribution in [3.8, 4) is 5.75 Å². The van der Waals surface area contributed by atoms with Crippen LogP contribution >= 0.6 is 0 Å². The molecule has 0 aliphatic carbocycles. The molecule has 35 heavy (non-hydrogen) atoms. The van der Waals surface area contributed by atoms with E-state index in [1.807, 2.05) is 6.07 Å². The zero-order chi connectivity index (χ0) is 25.4. The van der Waals surface area contributed by atoms with Crippen molar-refractivity contribution < 1.29 is 23.1 Å². The standard InChI is InChI=1S/C28H26F2N2O3/c1-27(2,3)31-26(34)28(19-15-20(29)17-21(30)16-19)24(14-18-8-6-5-7-9-18)25(33)32(28)22-10-12-23(35-4)13-11-22/h5-17H,1-4H3,(H,31,34)/b24-14+. The summed E-state index contributed by atoms with van der Waals surface area (Å²) < 4.78 is 34.2. The molecule has 7 heteroatoms. The predicted molar refractivity (Wildman–Crippen MR) is 131 cm³/mol. The van der Waals surface area contributed by atoms with Crippen LogP contribution in [0.2, 0.25) is 0 Å². The number of carbonyl (C=O) groups is 2. The molecule has 3 aromatic rings. The summed E-state index contributed by atoms with van der Waals surface area (Å²) in [5.74, 6) is -2.17. The molecule has 1 fully saturated rings. The molecule has 1 unspecified atom stereocenters. The van der Waals surface area contributed by atoms with Gasteiger partial charge in [-0.15, -0.1) is 0 Å². The number of methoxy groups -OCH3 is 1. The summed E-state index contributed by atoms with van der Waals surface area (Å²) in [6.07, 6.45) is 1.59. The summed E-state index contributed by atoms with van der Waals surface area (Å²) in [4.78, 5) is 28.9. The van der Waals surface area contributed by atoms with Crippen molar-refractivity contribution in [2.75, 3.05) is 12.0 Å². The van der Waals surface area contributed by atoms with Crippen molar-refractivity contribution >= 4 is 23.6 Å². The van der Waals surface area contributed by atoms with E-state index in [0.29, 0.717) is 17.0 Å². The van der Waals surface area contributed by atoms with E-state index >= 15 is 0 Å². The smallest absolute Gasteiger partial charge is 0.259 e. The maximum Gasteiger partial charge on any atom is 0.259 e. The Morgan fingerprint density at radius 2 is 1.57 bits per heavy atom. The lowest BCUT2D eigenvalue weighted by atomic mass is 9.70. The van der Waals surface area contributed by atoms with E-state index in [2.05, 4.69) is 5.32 Å². The number of rotatable bonds is 5. The maximum absolute atomic E-state index is 14.5. The van der Waals surface area contributed by atoms with Crippen molar-refractivity contribution in [3.05, 3.63) is 101 Å². The van der Waals surface area contributed by atoms with Gasteiger partial charge in [0.05, 0.1) is 12.7 Å². The van der Waals surface area contributed by atoms with E-state index in [0.717, 1.165) is 18.2 Å². The number of benzene rings is 3. The van der Waals surface area contributed by atoms with Crippen LogP contribution in [-0.4, -0.2) is 24.5 Å². The molecular weight excluding hydrogens is 450 g/mol. The van der Waals surface area contributed by atoms with Crippen molar-refractivity contribution in [2.24, 2.45) is 0 Å². The Morgan fingerprint density at radius 3 is 2.11 bits per heavy atom. The monoisotopic (exact) mass is 476 g/mol. The average molecular weight is 477 g/mol. The van der Waals surface area contributed by atoms with Crippen LogP contribution in [0.15, 0.2) is 78.4 Å². The van der Waals surface area contributed by atoms with Gasteiger partial charge in [-0.25, -0.2) is 8.78 Å². The van der Waals surface area contributed by atoms with Crippen LogP contribution in [0.1, 0.15) is 31.9 Å². The number of nitrogens with one attached hydrogen (secondary N) is 1. The van der Waals surface area contributed by atoms with Gasteiger partial charge in [0.1, 0.15) is 17.4 Å². The quantitative estimate of drug-likeness (QED) is 0.406. The highest BCUT2D eigenvalue weighted by atomic mass is 19.1. The SMILES string of the molecule is COc1ccc(N2C(=O)/C(=C\c3ccccc3)C2(C(=O)NC(C)(C)C)c2cc(F)cc(F)c2)cc1. The van der Waals surface area contributed by atoms with Gasteiger partial charge in [-0.1, -0.05) is 30.3 Å². The second-order valence-corrected chi connectivity index (χ2v) is 9.38. The molecule has 3 aromatic carbocycles. The lowest BCUT2D eigenvalue weighted by molar-refractivity contribution is -0.135. The van der Waals surface area contributed by atoms with Gasteiger partial charge >= 0.3 is 0 Å². The summed E-state index contributed by atoms with van der Waals surface area (Å²) in [7, 11) is 1.51. The molecule has 0 saturated carbocycles. The van der Waals surface area contributed by atoms with Crippen LogP contribution in [0.4, 0.5) is 14.5 Å². The van der Waals surface area contributed by atoms with E-state index in [4.69, 9.17) is 4.74 Å². The Hall–Kier alpha value is -4.00. The van der Waals surface area contributed by atoms with Crippen molar-refractivity contribution in [3.63, 3.8) is 0 Å². The number of β-lactam (4-membered cyclic amide) rings is 1. The molecule has 1 heterocycles. The van der Waals surface area contributed by atoms with E-state index in [-0.39, 0.29) is 11.1 Å². The third kappa shape index (κ3) is 4.41. The van der Waals surface area contributed by atoms with Gasteiger partial charge in [-0.2, -0.15) is 0 Å². The third-order valence-electron chi connectivity index (χ3n) is 5.70. The Morgan fingerprint density at radius 1 is 0.971 bits per heavy atom. The Balaban J connectivity index is 2.01. The number of anilines is 1. The van der Waals surface area contributed by atoms with Crippen LogP contribution in [0.5, 0.6) is 5.75 Å². The molecule has 0 aromatic heterocycles. The Bertz CT molecular complexity index is 1280. The molecule has 1 aliphatic heterocycles. The van der Waals surface area contributed by atoms with Gasteiger partial charge < -0.3 is 10.1 Å². The first-order chi connectivity index (χ1) is 16.6. The van der Waals surface area contributed by atoms with Crippen LogP contribution < -0.4 is 15.0 Å². The Labute approximate surface area is 203 Å². The molecule has 1 aliphatic rings. The largest absolute Gasteiger partial charge is 0.497 e. The van der Waals surface area contributed by atoms with E-state index < -0.39 is 34.5 Å². The average Bonchev–Trinajstić information content (AvgIpc) is 2.79. The number of amides is 2. The molecule has 4 rings (SSSR count). The first kappa shape index (κ1) is 24.1. The molecule has 1 saturated heterocycles. The normalized spacial score (nSPS) is 18.9. The zero-order valence-electron chi connectivity index (χ0n) is 19.9. The van der Waals surface area contributed by atoms with Gasteiger partial charge in [0.2, 0.25) is 0 Å². The second kappa shape index (κ2) is 8.98. The van der Waals surface area contributed by atoms with Crippen LogP contribution in [0.25, 0.3) is 6.08 Å². The fourth-order valence-corrected chi connectivity index (χ4v) is 4.25. The first-order valence-electron chi connectivity index (χ1n) is 11.1. The molecule has 1 N–H and O–H groups in total. The number of hydrogen-bond donors (Lipinski definition) is 1. The molecule has 1 atom stereocenters. The van der Waals surface area contributed by atoms with Crippen LogP contribution in [-0.2, 0) is 15.1 Å². The highest BCUT2D eigenvalue weighted by molar-refractivity contribution is 6.28. The Kier molecular flexibility index (Phi) is 6.19. The van der Waals surface area contributed by atoms with Gasteiger partial charge in [0, 0.05) is 17.3 Å². The highest BCUT2D eigenvalue weighted by Crippen LogP contribution is 2.50. The number of ether oxygens (including phenoxy) is 1. The van der Waals surface area contributed by atoms with Crippen LogP contribution in [0.3, 0.4) is 0 Å². The topological polar surface area (TPSA) is 58.6 Å². The number of nitrogens with zero attached hydrogens (tertiary/aromatic N) is 1. The van der Waals surface area contributed by atoms with Crippen molar-refractivity contribution in [1.29, 1.82) is 0 Å². The summed E-state index contributed by atoms with van der Waals surface area (Å²) in [5.41, 5.74) is -1.32. The predicted octanol–water partition coefficient (Wildman–Crippen LogP) is 5.21. The molecule has 0 radical (unpaired) electrons. The fourth-order valence-electron chi connectivity index (χ4n) is 4.25. The minimum Gasteiger partial charge on any atom is -0.497 e. The number of halogens is 2. The molecule has 5 nitrogen and oxygen atoms in total. The van der Waals surface area contributed by atoms with Gasteiger partial charge in [-0.05, 0) is 74.4 Å². The zero-order valence-corrected chi connectivity index (χ0v) is 19.9. The highest BCUT2D eigenvalue weighted by Gasteiger charge is 2.63. The fraction of sp³-hybridized carbons (Fsp3) is 0.214. The van der Waals surface area contributed by atoms with Gasteiger partial charge in [-0.3, -0.25) is 14.5 Å². The second-order valence-electron chi connectivity index (χ2n) is 9.38. The maximum atomic E-state index is 14.5. The minimum atomic E-state index is -1.81. The van der Waals surface area contributed by atoms with Crippen molar-refractivity contribution in [2.45, 2.75) is 31.8 Å². The lowest BCUT2D eigenvalue weighted by Gasteiger charge is -2.53. The van der Waals surface area contributed by atoms with Gasteiger partial charge in [0.25, 0.3) is 11.8 Å². The first-order valence-corrected chi connectivity index (χ1v) is 11.1. The molecule has 2 amide bonds. The summed E-state index contributed by atoms with van der Waals surface area (Å²) in [6, 6.07) is 18.5. The van der Waals surface area contributed by atoms with E-state index in [9.17, 15) is 18.4 Å². The summed E-state index contributed by atoms with van der Waals surface area (Å²) in [5, 5.41) is 2.91. The number of hydrogen-bond acceptors (Lipinski definition) is 3. The van der Waals surface area contributed by atoms with E-state index in [1.165, 1.54) is 12.0 Å². The van der Waals surface area contributed by atoms with Gasteiger partial charge in [0.15, 0.2) is 5.54 Å². The van der Waals surface area contributed by atoms with Crippen molar-refractivity contribution in [1.82, 2.24) is 5.32 Å². The summed E-state index contributed by atoms with van der Waals surface area (Å²) in [6.45, 7) is 5.39. The lowest BCUT2D eigenvalue weighted by Crippen LogP contribution is -2.71. The molecule has 0 bridgehead atoms. The molecule has 180 valence electrons. The third-order valence-corrected chi connectivity index (χ3v) is 5.70. The summed E-state index contributed by atoms with van der Waals surface area (Å²) >= 11 is 0.